The second kappa shape index (κ2) is 5.69. The predicted octanol–water partition coefficient (Wildman–Crippen LogP) is 2.58. The van der Waals surface area contributed by atoms with Gasteiger partial charge < -0.3 is 9.73 Å². The Balaban J connectivity index is 2.21. The van der Waals surface area contributed by atoms with Crippen LogP contribution >= 0.6 is 0 Å². The van der Waals surface area contributed by atoms with Crippen LogP contribution in [0.4, 0.5) is 0 Å². The van der Waals surface area contributed by atoms with Crippen LogP contribution in [0.3, 0.4) is 0 Å². The Labute approximate surface area is 104 Å². The molecule has 0 bridgehead atoms. The fraction of sp³-hybridized carbons (Fsp3) is 0.714. The Bertz CT molecular complexity index is 346. The number of hydrogen-bond donors (Lipinski definition) is 1. The van der Waals surface area contributed by atoms with Crippen molar-refractivity contribution in [2.75, 3.05) is 26.7 Å². The monoisotopic (exact) mass is 236 g/mol. The van der Waals surface area contributed by atoms with Gasteiger partial charge in [0.1, 0.15) is 11.5 Å². The summed E-state index contributed by atoms with van der Waals surface area (Å²) in [6.45, 7) is 7.63. The van der Waals surface area contributed by atoms with Gasteiger partial charge in [-0.05, 0) is 64.5 Å². The van der Waals surface area contributed by atoms with Crippen LogP contribution in [-0.2, 0) is 0 Å². The van der Waals surface area contributed by atoms with E-state index in [4.69, 9.17) is 4.42 Å². The van der Waals surface area contributed by atoms with Crippen molar-refractivity contribution < 1.29 is 4.42 Å². The number of furan rings is 1. The van der Waals surface area contributed by atoms with E-state index in [1.807, 2.05) is 14.0 Å². The van der Waals surface area contributed by atoms with Gasteiger partial charge in [0, 0.05) is 0 Å². The van der Waals surface area contributed by atoms with E-state index in [1.165, 1.54) is 19.4 Å². The highest BCUT2D eigenvalue weighted by atomic mass is 16.3. The molecule has 0 spiro atoms. The maximum Gasteiger partial charge on any atom is 0.121 e. The Morgan fingerprint density at radius 2 is 2.29 bits per heavy atom. The predicted molar refractivity (Wildman–Crippen MR) is 70.1 cm³/mol. The molecule has 3 heteroatoms. The van der Waals surface area contributed by atoms with E-state index in [1.54, 1.807) is 0 Å². The lowest BCUT2D eigenvalue weighted by molar-refractivity contribution is 0.0810. The minimum atomic E-state index is 0.454. The SMILES string of the molecule is CCN1CCCC(CNC)C1c1ccc(C)o1. The highest BCUT2D eigenvalue weighted by molar-refractivity contribution is 5.12. The van der Waals surface area contributed by atoms with Gasteiger partial charge in [-0.15, -0.1) is 0 Å². The highest BCUT2D eigenvalue weighted by Crippen LogP contribution is 2.36. The van der Waals surface area contributed by atoms with Gasteiger partial charge in [0.2, 0.25) is 0 Å². The number of hydrogen-bond acceptors (Lipinski definition) is 3. The first kappa shape index (κ1) is 12.7. The van der Waals surface area contributed by atoms with Crippen molar-refractivity contribution in [1.29, 1.82) is 0 Å². The molecule has 1 fully saturated rings. The maximum absolute atomic E-state index is 5.86. The second-order valence-corrected chi connectivity index (χ2v) is 4.98. The third-order valence-electron chi connectivity index (χ3n) is 3.79. The van der Waals surface area contributed by atoms with E-state index in [0.717, 1.165) is 24.6 Å². The van der Waals surface area contributed by atoms with Gasteiger partial charge in [-0.2, -0.15) is 0 Å². The minimum Gasteiger partial charge on any atom is -0.465 e. The highest BCUT2D eigenvalue weighted by Gasteiger charge is 2.33. The molecule has 0 amide bonds. The summed E-state index contributed by atoms with van der Waals surface area (Å²) in [5.74, 6) is 2.83. The first-order chi connectivity index (χ1) is 8.26. The van der Waals surface area contributed by atoms with E-state index in [9.17, 15) is 0 Å². The van der Waals surface area contributed by atoms with Crippen LogP contribution in [0.15, 0.2) is 16.5 Å². The fourth-order valence-corrected chi connectivity index (χ4v) is 3.01. The van der Waals surface area contributed by atoms with Crippen molar-refractivity contribution in [3.8, 4) is 0 Å². The molecule has 1 aliphatic rings. The Morgan fingerprint density at radius 3 is 2.88 bits per heavy atom. The number of likely N-dealkylation sites (tertiary alicyclic amines) is 1. The molecule has 0 aliphatic carbocycles. The molecule has 1 saturated heterocycles. The summed E-state index contributed by atoms with van der Waals surface area (Å²) >= 11 is 0. The smallest absolute Gasteiger partial charge is 0.121 e. The zero-order valence-electron chi connectivity index (χ0n) is 11.2. The summed E-state index contributed by atoms with van der Waals surface area (Å²) in [5, 5.41) is 3.32. The normalized spacial score (nSPS) is 26.3. The first-order valence-corrected chi connectivity index (χ1v) is 6.71. The summed E-state index contributed by atoms with van der Waals surface area (Å²) in [7, 11) is 2.04. The number of nitrogens with zero attached hydrogens (tertiary/aromatic N) is 1. The summed E-state index contributed by atoms with van der Waals surface area (Å²) in [5.41, 5.74) is 0. The summed E-state index contributed by atoms with van der Waals surface area (Å²) < 4.78 is 5.86. The molecule has 1 aliphatic heterocycles. The average Bonchev–Trinajstić information content (AvgIpc) is 2.75. The summed E-state index contributed by atoms with van der Waals surface area (Å²) in [6, 6.07) is 4.68. The van der Waals surface area contributed by atoms with Crippen molar-refractivity contribution >= 4 is 0 Å². The zero-order valence-corrected chi connectivity index (χ0v) is 11.2. The lowest BCUT2D eigenvalue weighted by Crippen LogP contribution is -2.41. The maximum atomic E-state index is 5.86. The average molecular weight is 236 g/mol. The molecule has 3 nitrogen and oxygen atoms in total. The van der Waals surface area contributed by atoms with Gasteiger partial charge in [0.15, 0.2) is 0 Å². The number of nitrogens with one attached hydrogen (secondary N) is 1. The molecule has 1 aromatic rings. The van der Waals surface area contributed by atoms with Crippen LogP contribution in [0, 0.1) is 12.8 Å². The molecule has 2 atom stereocenters. The molecule has 0 saturated carbocycles. The molecule has 1 aromatic heterocycles. The molecule has 96 valence electrons. The van der Waals surface area contributed by atoms with Gasteiger partial charge in [-0.3, -0.25) is 4.90 Å². The molecular formula is C14H24N2O. The quantitative estimate of drug-likeness (QED) is 0.871. The third-order valence-corrected chi connectivity index (χ3v) is 3.79. The van der Waals surface area contributed by atoms with Crippen LogP contribution < -0.4 is 5.32 Å². The van der Waals surface area contributed by atoms with Crippen LogP contribution in [0.25, 0.3) is 0 Å². The van der Waals surface area contributed by atoms with Crippen LogP contribution in [0.5, 0.6) is 0 Å². The fourth-order valence-electron chi connectivity index (χ4n) is 3.01. The molecule has 0 aromatic carbocycles. The largest absolute Gasteiger partial charge is 0.465 e. The number of piperidine rings is 1. The van der Waals surface area contributed by atoms with Gasteiger partial charge in [0.25, 0.3) is 0 Å². The lowest BCUT2D eigenvalue weighted by Gasteiger charge is -2.39. The second-order valence-electron chi connectivity index (χ2n) is 4.98. The van der Waals surface area contributed by atoms with Gasteiger partial charge in [0.05, 0.1) is 6.04 Å². The van der Waals surface area contributed by atoms with Crippen molar-refractivity contribution in [2.24, 2.45) is 5.92 Å². The molecular weight excluding hydrogens is 212 g/mol. The Morgan fingerprint density at radius 1 is 1.47 bits per heavy atom. The van der Waals surface area contributed by atoms with Crippen LogP contribution in [-0.4, -0.2) is 31.6 Å². The van der Waals surface area contributed by atoms with Crippen molar-refractivity contribution in [2.45, 2.75) is 32.7 Å². The lowest BCUT2D eigenvalue weighted by atomic mass is 9.87. The van der Waals surface area contributed by atoms with E-state index < -0.39 is 0 Å². The Hall–Kier alpha value is -0.800. The molecule has 2 heterocycles. The van der Waals surface area contributed by atoms with Crippen molar-refractivity contribution in [3.05, 3.63) is 23.7 Å². The van der Waals surface area contributed by atoms with Crippen LogP contribution in [0.2, 0.25) is 0 Å². The molecule has 2 rings (SSSR count). The standard InChI is InChI=1S/C14H24N2O/c1-4-16-9-5-6-12(10-15-3)14(16)13-8-7-11(2)17-13/h7-8,12,14-15H,4-6,9-10H2,1-3H3. The van der Waals surface area contributed by atoms with E-state index in [-0.39, 0.29) is 0 Å². The first-order valence-electron chi connectivity index (χ1n) is 6.71. The Kier molecular flexibility index (Phi) is 4.24. The van der Waals surface area contributed by atoms with Crippen molar-refractivity contribution in [3.63, 3.8) is 0 Å². The van der Waals surface area contributed by atoms with E-state index in [0.29, 0.717) is 12.0 Å². The topological polar surface area (TPSA) is 28.4 Å². The third kappa shape index (κ3) is 2.72. The number of rotatable bonds is 4. The number of aryl methyl sites for hydroxylation is 1. The van der Waals surface area contributed by atoms with Gasteiger partial charge in [-0.25, -0.2) is 0 Å². The molecule has 17 heavy (non-hydrogen) atoms. The summed E-state index contributed by atoms with van der Waals surface area (Å²) in [6.07, 6.45) is 2.60. The molecule has 0 radical (unpaired) electrons. The molecule has 2 unspecified atom stereocenters. The van der Waals surface area contributed by atoms with E-state index >= 15 is 0 Å². The van der Waals surface area contributed by atoms with Gasteiger partial charge >= 0.3 is 0 Å². The van der Waals surface area contributed by atoms with Crippen LogP contribution in [0.1, 0.15) is 37.3 Å². The van der Waals surface area contributed by atoms with Gasteiger partial charge in [-0.1, -0.05) is 6.92 Å². The minimum absolute atomic E-state index is 0.454. The zero-order chi connectivity index (χ0) is 12.3. The van der Waals surface area contributed by atoms with Crippen molar-refractivity contribution in [1.82, 2.24) is 10.2 Å². The molecule has 1 N–H and O–H groups in total. The van der Waals surface area contributed by atoms with E-state index in [2.05, 4.69) is 29.3 Å². The summed E-state index contributed by atoms with van der Waals surface area (Å²) in [4.78, 5) is 2.55.